The van der Waals surface area contributed by atoms with Gasteiger partial charge in [-0.1, -0.05) is 35.9 Å². The zero-order valence-corrected chi connectivity index (χ0v) is 10.5. The molecule has 0 unspecified atom stereocenters. The second-order valence-corrected chi connectivity index (χ2v) is 4.31. The summed E-state index contributed by atoms with van der Waals surface area (Å²) in [5, 5.41) is 20.3. The predicted octanol–water partition coefficient (Wildman–Crippen LogP) is 2.25. The number of carboxylic acids is 1. The molecule has 0 bridgehead atoms. The third-order valence-electron chi connectivity index (χ3n) is 2.69. The number of benzene rings is 2. The highest BCUT2D eigenvalue weighted by Crippen LogP contribution is 2.39. The molecular formula is C13H10ClNO4. The van der Waals surface area contributed by atoms with E-state index in [4.69, 9.17) is 16.7 Å². The fourth-order valence-electron chi connectivity index (χ4n) is 1.85. The number of carboxylic acid groups (broad SMARTS) is 1. The molecule has 0 aromatic heterocycles. The largest absolute Gasteiger partial charge is 0.505 e. The van der Waals surface area contributed by atoms with Crippen LogP contribution < -0.4 is 4.90 Å². The van der Waals surface area contributed by atoms with Crippen molar-refractivity contribution < 1.29 is 19.8 Å². The Morgan fingerprint density at radius 1 is 1.32 bits per heavy atom. The van der Waals surface area contributed by atoms with Crippen LogP contribution in [0.2, 0.25) is 5.02 Å². The van der Waals surface area contributed by atoms with E-state index in [1.807, 2.05) is 0 Å². The molecule has 2 aromatic carbocycles. The number of phenolic OH excluding ortho intramolecular Hbond substituents is 1. The zero-order valence-electron chi connectivity index (χ0n) is 9.71. The number of hydrogen-bond acceptors (Lipinski definition) is 3. The predicted molar refractivity (Wildman–Crippen MR) is 71.7 cm³/mol. The fraction of sp³-hybridized carbons (Fsp3) is 0.0769. The van der Waals surface area contributed by atoms with Crippen molar-refractivity contribution in [1.29, 1.82) is 0 Å². The highest BCUT2D eigenvalue weighted by molar-refractivity contribution is 6.36. The number of hydrogen-bond donors (Lipinski definition) is 2. The molecule has 0 aliphatic heterocycles. The van der Waals surface area contributed by atoms with Crippen LogP contribution in [0.15, 0.2) is 30.3 Å². The number of rotatable bonds is 4. The van der Waals surface area contributed by atoms with Crippen LogP contribution >= 0.6 is 11.6 Å². The molecule has 0 atom stereocenters. The quantitative estimate of drug-likeness (QED) is 0.842. The van der Waals surface area contributed by atoms with Gasteiger partial charge in [-0.3, -0.25) is 9.59 Å². The molecular weight excluding hydrogens is 270 g/mol. The summed E-state index contributed by atoms with van der Waals surface area (Å²) in [5.41, 5.74) is 0.0705. The average Bonchev–Trinajstić information content (AvgIpc) is 2.40. The first-order valence-electron chi connectivity index (χ1n) is 5.38. The van der Waals surface area contributed by atoms with Gasteiger partial charge < -0.3 is 15.1 Å². The van der Waals surface area contributed by atoms with Crippen molar-refractivity contribution >= 4 is 40.4 Å². The van der Waals surface area contributed by atoms with E-state index in [1.165, 1.54) is 6.07 Å². The normalized spacial score (nSPS) is 10.4. The van der Waals surface area contributed by atoms with Gasteiger partial charge in [0.2, 0.25) is 6.41 Å². The van der Waals surface area contributed by atoms with Gasteiger partial charge in [0, 0.05) is 10.8 Å². The van der Waals surface area contributed by atoms with Gasteiger partial charge in [0.05, 0.1) is 10.7 Å². The lowest BCUT2D eigenvalue weighted by molar-refractivity contribution is -0.136. The topological polar surface area (TPSA) is 77.8 Å². The molecule has 2 aromatic rings. The summed E-state index contributed by atoms with van der Waals surface area (Å²) < 4.78 is 0. The smallest absolute Gasteiger partial charge is 0.323 e. The lowest BCUT2D eigenvalue weighted by Gasteiger charge is -2.18. The Morgan fingerprint density at radius 2 is 1.95 bits per heavy atom. The Kier molecular flexibility index (Phi) is 3.57. The molecule has 19 heavy (non-hydrogen) atoms. The lowest BCUT2D eigenvalue weighted by Crippen LogP contribution is -2.28. The van der Waals surface area contributed by atoms with E-state index in [0.717, 1.165) is 4.90 Å². The van der Waals surface area contributed by atoms with Gasteiger partial charge >= 0.3 is 5.97 Å². The maximum Gasteiger partial charge on any atom is 0.323 e. The number of halogens is 1. The van der Waals surface area contributed by atoms with E-state index < -0.39 is 12.5 Å². The summed E-state index contributed by atoms with van der Waals surface area (Å²) in [6.07, 6.45) is 0.342. The number of carbonyl (C=O) groups excluding carboxylic acids is 1. The number of carbonyl (C=O) groups is 2. The number of anilines is 1. The second kappa shape index (κ2) is 5.16. The average molecular weight is 280 g/mol. The number of nitrogens with zero attached hydrogens (tertiary/aromatic N) is 1. The highest BCUT2D eigenvalue weighted by atomic mass is 35.5. The number of phenols is 1. The minimum atomic E-state index is -1.18. The molecule has 1 amide bonds. The van der Waals surface area contributed by atoms with Crippen LogP contribution in [0, 0.1) is 0 Å². The Hall–Kier alpha value is -2.27. The fourth-order valence-corrected chi connectivity index (χ4v) is 2.11. The molecule has 2 rings (SSSR count). The van der Waals surface area contributed by atoms with Crippen LogP contribution in [-0.4, -0.2) is 29.1 Å². The van der Waals surface area contributed by atoms with Crippen LogP contribution in [0.4, 0.5) is 5.69 Å². The van der Waals surface area contributed by atoms with Crippen molar-refractivity contribution in [2.75, 3.05) is 11.4 Å². The van der Waals surface area contributed by atoms with Gasteiger partial charge in [0.1, 0.15) is 12.3 Å². The van der Waals surface area contributed by atoms with Crippen LogP contribution in [-0.2, 0) is 9.59 Å². The first-order chi connectivity index (χ1) is 9.04. The third-order valence-corrected chi connectivity index (χ3v) is 3.00. The summed E-state index contributed by atoms with van der Waals surface area (Å²) in [5.74, 6) is -1.36. The Bertz CT molecular complexity index is 656. The number of fused-ring (bicyclic) bond motifs is 1. The molecule has 0 aliphatic rings. The Balaban J connectivity index is 2.63. The summed E-state index contributed by atoms with van der Waals surface area (Å²) >= 11 is 6.07. The van der Waals surface area contributed by atoms with Gasteiger partial charge in [-0.05, 0) is 6.07 Å². The summed E-state index contributed by atoms with van der Waals surface area (Å²) in [6.45, 7) is -0.550. The first-order valence-corrected chi connectivity index (χ1v) is 5.76. The number of amides is 1. The van der Waals surface area contributed by atoms with Crippen LogP contribution in [0.25, 0.3) is 10.8 Å². The van der Waals surface area contributed by atoms with Crippen molar-refractivity contribution in [3.63, 3.8) is 0 Å². The van der Waals surface area contributed by atoms with Crippen molar-refractivity contribution in [1.82, 2.24) is 0 Å². The molecule has 98 valence electrons. The highest BCUT2D eigenvalue weighted by Gasteiger charge is 2.17. The zero-order chi connectivity index (χ0) is 14.0. The maximum atomic E-state index is 10.9. The van der Waals surface area contributed by atoms with E-state index in [1.54, 1.807) is 24.3 Å². The minimum absolute atomic E-state index is 0.0705. The van der Waals surface area contributed by atoms with Crippen LogP contribution in [0.3, 0.4) is 0 Å². The number of aliphatic carboxylic acids is 1. The second-order valence-electron chi connectivity index (χ2n) is 3.90. The summed E-state index contributed by atoms with van der Waals surface area (Å²) in [4.78, 5) is 22.5. The SMILES string of the molecule is O=CN(CC(=O)O)c1cc(Cl)c2ccccc2c1O. The van der Waals surface area contributed by atoms with E-state index in [0.29, 0.717) is 22.2 Å². The molecule has 2 N–H and O–H groups in total. The Labute approximate surface area is 113 Å². The molecule has 0 heterocycles. The number of aromatic hydroxyl groups is 1. The van der Waals surface area contributed by atoms with Crippen molar-refractivity contribution in [2.24, 2.45) is 0 Å². The third kappa shape index (κ3) is 2.46. The molecule has 0 aliphatic carbocycles. The Morgan fingerprint density at radius 3 is 2.53 bits per heavy atom. The van der Waals surface area contributed by atoms with E-state index >= 15 is 0 Å². The van der Waals surface area contributed by atoms with Crippen LogP contribution in [0.1, 0.15) is 0 Å². The van der Waals surface area contributed by atoms with Gasteiger partial charge in [0.25, 0.3) is 0 Å². The van der Waals surface area contributed by atoms with Crippen molar-refractivity contribution in [3.8, 4) is 5.75 Å². The molecule has 6 heteroatoms. The first kappa shape index (κ1) is 13.2. The molecule has 0 radical (unpaired) electrons. The van der Waals surface area contributed by atoms with E-state index in [2.05, 4.69) is 0 Å². The standard InChI is InChI=1S/C13H10ClNO4/c14-10-5-11(15(7-16)6-12(17)18)13(19)9-4-2-1-3-8(9)10/h1-5,7,19H,6H2,(H,17,18). The molecule has 0 fully saturated rings. The van der Waals surface area contributed by atoms with Gasteiger partial charge in [-0.2, -0.15) is 0 Å². The van der Waals surface area contributed by atoms with Crippen molar-refractivity contribution in [2.45, 2.75) is 0 Å². The molecule has 0 saturated carbocycles. The van der Waals surface area contributed by atoms with E-state index in [9.17, 15) is 14.7 Å². The minimum Gasteiger partial charge on any atom is -0.505 e. The molecule has 5 nitrogen and oxygen atoms in total. The van der Waals surface area contributed by atoms with Gasteiger partial charge in [0.15, 0.2) is 0 Å². The maximum absolute atomic E-state index is 10.9. The molecule has 0 saturated heterocycles. The summed E-state index contributed by atoms with van der Waals surface area (Å²) in [7, 11) is 0. The van der Waals surface area contributed by atoms with E-state index in [-0.39, 0.29) is 11.4 Å². The van der Waals surface area contributed by atoms with Gasteiger partial charge in [-0.25, -0.2) is 0 Å². The monoisotopic (exact) mass is 279 g/mol. The van der Waals surface area contributed by atoms with Crippen LogP contribution in [0.5, 0.6) is 5.75 Å². The lowest BCUT2D eigenvalue weighted by atomic mass is 10.1. The summed E-state index contributed by atoms with van der Waals surface area (Å²) in [6, 6.07) is 8.22. The van der Waals surface area contributed by atoms with Crippen molar-refractivity contribution in [3.05, 3.63) is 35.4 Å². The molecule has 0 spiro atoms. The van der Waals surface area contributed by atoms with Gasteiger partial charge in [-0.15, -0.1) is 0 Å².